The van der Waals surface area contributed by atoms with Crippen LogP contribution in [-0.2, 0) is 0 Å². The van der Waals surface area contributed by atoms with Crippen molar-refractivity contribution < 1.29 is 13.6 Å². The minimum absolute atomic E-state index is 0.0814. The van der Waals surface area contributed by atoms with E-state index in [1.165, 1.54) is 12.3 Å². The number of pyridine rings is 1. The fraction of sp³-hybridized carbons (Fsp3) is 0.273. The van der Waals surface area contributed by atoms with Crippen molar-refractivity contribution in [3.63, 3.8) is 0 Å². The van der Waals surface area contributed by atoms with Gasteiger partial charge in [-0.15, -0.1) is 0 Å². The van der Waals surface area contributed by atoms with Crippen LogP contribution in [0.2, 0.25) is 0 Å². The Morgan fingerprint density at radius 3 is 2.25 bits per heavy atom. The first-order valence-electron chi connectivity index (χ1n) is 9.45. The summed E-state index contributed by atoms with van der Waals surface area (Å²) in [5.74, 6) is -1.75. The number of carbonyl (C=O) groups is 1. The smallest absolute Gasteiger partial charge is 0.263 e. The fourth-order valence-electron chi connectivity index (χ4n) is 3.76. The maximum Gasteiger partial charge on any atom is 0.263 e. The summed E-state index contributed by atoms with van der Waals surface area (Å²) in [6, 6.07) is 9.85. The van der Waals surface area contributed by atoms with Crippen LogP contribution in [0.1, 0.15) is 36.0 Å². The molecule has 6 heteroatoms. The average molecular weight is 382 g/mol. The lowest BCUT2D eigenvalue weighted by Gasteiger charge is -2.22. The molecular formula is C22H20F2N2O2. The largest absolute Gasteiger partial charge is 0.339 e. The van der Waals surface area contributed by atoms with Gasteiger partial charge in [-0.3, -0.25) is 14.2 Å². The van der Waals surface area contributed by atoms with Crippen LogP contribution < -0.4 is 5.56 Å². The molecule has 3 aromatic rings. The molecule has 28 heavy (non-hydrogen) atoms. The Morgan fingerprint density at radius 2 is 1.57 bits per heavy atom. The van der Waals surface area contributed by atoms with Crippen LogP contribution in [0.25, 0.3) is 16.5 Å². The molecule has 0 atom stereocenters. The second kappa shape index (κ2) is 7.54. The molecule has 0 bridgehead atoms. The van der Waals surface area contributed by atoms with E-state index in [0.717, 1.165) is 42.4 Å². The molecule has 1 amide bonds. The summed E-state index contributed by atoms with van der Waals surface area (Å²) < 4.78 is 28.8. The Bertz CT molecular complexity index is 1100. The van der Waals surface area contributed by atoms with Crippen LogP contribution in [0.15, 0.2) is 53.5 Å². The van der Waals surface area contributed by atoms with Crippen molar-refractivity contribution >= 4 is 16.7 Å². The van der Waals surface area contributed by atoms with E-state index < -0.39 is 17.2 Å². The molecule has 0 aliphatic carbocycles. The van der Waals surface area contributed by atoms with Crippen molar-refractivity contribution in [3.05, 3.63) is 76.2 Å². The minimum Gasteiger partial charge on any atom is -0.339 e. The highest BCUT2D eigenvalue weighted by atomic mass is 19.1. The number of likely N-dealkylation sites (tertiary alicyclic amines) is 1. The average Bonchev–Trinajstić information content (AvgIpc) is 2.98. The molecule has 1 aliphatic heterocycles. The van der Waals surface area contributed by atoms with Crippen molar-refractivity contribution in [2.45, 2.75) is 25.7 Å². The van der Waals surface area contributed by atoms with E-state index in [9.17, 15) is 18.4 Å². The predicted molar refractivity (Wildman–Crippen MR) is 104 cm³/mol. The molecule has 0 saturated carbocycles. The van der Waals surface area contributed by atoms with Gasteiger partial charge in [-0.2, -0.15) is 0 Å². The highest BCUT2D eigenvalue weighted by Gasteiger charge is 2.22. The van der Waals surface area contributed by atoms with Gasteiger partial charge in [0.1, 0.15) is 11.6 Å². The quantitative estimate of drug-likeness (QED) is 0.664. The Labute approximate surface area is 161 Å². The summed E-state index contributed by atoms with van der Waals surface area (Å²) in [6.45, 7) is 1.33. The maximum atomic E-state index is 14.4. The lowest BCUT2D eigenvalue weighted by molar-refractivity contribution is 0.0763. The number of hydrogen-bond donors (Lipinski definition) is 0. The maximum absolute atomic E-state index is 14.4. The third-order valence-corrected chi connectivity index (χ3v) is 5.22. The van der Waals surface area contributed by atoms with Gasteiger partial charge in [0.25, 0.3) is 11.5 Å². The molecule has 4 nitrogen and oxygen atoms in total. The zero-order chi connectivity index (χ0) is 19.7. The van der Waals surface area contributed by atoms with Crippen LogP contribution in [-0.4, -0.2) is 28.5 Å². The van der Waals surface area contributed by atoms with Gasteiger partial charge < -0.3 is 4.90 Å². The zero-order valence-electron chi connectivity index (χ0n) is 15.3. The van der Waals surface area contributed by atoms with E-state index in [-0.39, 0.29) is 11.6 Å². The standard InChI is InChI=1S/C22H20F2N2O2/c23-15-9-10-20(19(24)13-15)26-14-18(16-7-3-4-8-17(16)22(26)28)21(27)25-11-5-1-2-6-12-25/h3-4,7-10,13-14H,1-2,5-6,11-12H2. The van der Waals surface area contributed by atoms with Gasteiger partial charge in [-0.05, 0) is 31.0 Å². The third-order valence-electron chi connectivity index (χ3n) is 5.22. The molecule has 0 spiro atoms. The summed E-state index contributed by atoms with van der Waals surface area (Å²) in [5.41, 5.74) is -0.184. The van der Waals surface area contributed by atoms with E-state index in [1.807, 2.05) is 0 Å². The molecule has 1 aliphatic rings. The van der Waals surface area contributed by atoms with Crippen LogP contribution in [0.3, 0.4) is 0 Å². The van der Waals surface area contributed by atoms with Gasteiger partial charge in [0, 0.05) is 36.1 Å². The van der Waals surface area contributed by atoms with Crippen molar-refractivity contribution in [2.24, 2.45) is 0 Å². The van der Waals surface area contributed by atoms with Gasteiger partial charge in [0.2, 0.25) is 0 Å². The minimum atomic E-state index is -0.856. The SMILES string of the molecule is O=C(c1cn(-c2ccc(F)cc2F)c(=O)c2ccccc12)N1CCCCCC1. The zero-order valence-corrected chi connectivity index (χ0v) is 15.3. The van der Waals surface area contributed by atoms with Gasteiger partial charge in [-0.25, -0.2) is 8.78 Å². The summed E-state index contributed by atoms with van der Waals surface area (Å²) in [4.78, 5) is 28.0. The second-order valence-electron chi connectivity index (χ2n) is 7.07. The lowest BCUT2D eigenvalue weighted by atomic mass is 10.1. The van der Waals surface area contributed by atoms with Gasteiger partial charge >= 0.3 is 0 Å². The molecular weight excluding hydrogens is 362 g/mol. The Balaban J connectivity index is 1.92. The molecule has 1 saturated heterocycles. The summed E-state index contributed by atoms with van der Waals surface area (Å²) in [6.07, 6.45) is 5.44. The molecule has 1 aromatic heterocycles. The number of benzene rings is 2. The Hall–Kier alpha value is -3.02. The number of halogens is 2. The van der Waals surface area contributed by atoms with Crippen LogP contribution in [0.5, 0.6) is 0 Å². The molecule has 1 fully saturated rings. The number of carbonyl (C=O) groups excluding carboxylic acids is 1. The normalized spacial score (nSPS) is 14.9. The van der Waals surface area contributed by atoms with Gasteiger partial charge in [-0.1, -0.05) is 31.0 Å². The first kappa shape index (κ1) is 18.3. The van der Waals surface area contributed by atoms with E-state index in [1.54, 1.807) is 29.2 Å². The predicted octanol–water partition coefficient (Wildman–Crippen LogP) is 4.29. The van der Waals surface area contributed by atoms with Gasteiger partial charge in [0.05, 0.1) is 11.3 Å². The second-order valence-corrected chi connectivity index (χ2v) is 7.07. The monoisotopic (exact) mass is 382 g/mol. The number of aromatic nitrogens is 1. The third kappa shape index (κ3) is 3.30. The van der Waals surface area contributed by atoms with Crippen molar-refractivity contribution in [1.29, 1.82) is 0 Å². The topological polar surface area (TPSA) is 42.3 Å². The number of hydrogen-bond acceptors (Lipinski definition) is 2. The van der Waals surface area contributed by atoms with E-state index >= 15 is 0 Å². The number of amides is 1. The number of rotatable bonds is 2. The molecule has 0 N–H and O–H groups in total. The Kier molecular flexibility index (Phi) is 4.94. The van der Waals surface area contributed by atoms with E-state index in [4.69, 9.17) is 0 Å². The first-order valence-corrected chi connectivity index (χ1v) is 9.45. The van der Waals surface area contributed by atoms with Crippen molar-refractivity contribution in [1.82, 2.24) is 9.47 Å². The molecule has 2 aromatic carbocycles. The molecule has 2 heterocycles. The molecule has 4 rings (SSSR count). The van der Waals surface area contributed by atoms with Crippen LogP contribution in [0.4, 0.5) is 8.78 Å². The fourth-order valence-corrected chi connectivity index (χ4v) is 3.76. The van der Waals surface area contributed by atoms with Crippen LogP contribution >= 0.6 is 0 Å². The summed E-state index contributed by atoms with van der Waals surface area (Å²) in [5, 5.41) is 0.868. The van der Waals surface area contributed by atoms with Crippen molar-refractivity contribution in [2.75, 3.05) is 13.1 Å². The van der Waals surface area contributed by atoms with E-state index in [0.29, 0.717) is 29.4 Å². The number of fused-ring (bicyclic) bond motifs is 1. The van der Waals surface area contributed by atoms with Gasteiger partial charge in [0.15, 0.2) is 0 Å². The number of nitrogens with zero attached hydrogens (tertiary/aromatic N) is 2. The molecule has 144 valence electrons. The lowest BCUT2D eigenvalue weighted by Crippen LogP contribution is -2.33. The Morgan fingerprint density at radius 1 is 0.893 bits per heavy atom. The highest BCUT2D eigenvalue weighted by Crippen LogP contribution is 2.22. The summed E-state index contributed by atoms with van der Waals surface area (Å²) >= 11 is 0. The van der Waals surface area contributed by atoms with Crippen molar-refractivity contribution in [3.8, 4) is 5.69 Å². The highest BCUT2D eigenvalue weighted by molar-refractivity contribution is 6.06. The first-order chi connectivity index (χ1) is 13.6. The van der Waals surface area contributed by atoms with E-state index in [2.05, 4.69) is 0 Å². The molecule has 0 radical (unpaired) electrons. The summed E-state index contributed by atoms with van der Waals surface area (Å²) in [7, 11) is 0. The van der Waals surface area contributed by atoms with Crippen LogP contribution in [0, 0.1) is 11.6 Å². The molecule has 0 unspecified atom stereocenters.